The minimum absolute atomic E-state index is 0.0523. The standard InChI is InChI=1S/C44H76FN3O29/c1-17(21(11-49)70-44(40(64)65)66-7-3-6-48-10-18(46-47-48)4-2-5-45)67-27-8-19(55)36(23(13-51)68-27)76-42-35(63)32(60)39(26(16-54)73-42)77-43-34(62)31(59)38(25(15-53)72-43)74-28-9-20(56)37(24(14-52)69-28)75-41-33(61)30(58)29(57)22(12-50)71-41/h10,17,19-44,49-65H,2-9,11-16H2,1H3/t17-,19+,20+,21?,22?,23?,24?,25?,26?,27-,28+,29?,30?,31?,32?,33?,34?,35?,36?,37?,38?,39?,41?,42?,43?,44?/m0/s1. The number of hydrogen-bond donors (Lipinski definition) is 17. The number of hydrogen-bond acceptors (Lipinski definition) is 31. The third kappa shape index (κ3) is 16.1. The SMILES string of the molecule is C[C@H](O[C@@H]1C[C@@H](O)C(OC2OC(CO)C(OC3OC(CO)C(O[C@@H]4C[C@@H](O)C(OC5OC(CO)C(O)C(O)C5O)C(CO)O4)C(O)C3O)C(O)C2O)C(CO)O1)C(CO)OC(OCCCn1cc(CCCF)nn1)C(O)O. The number of aliphatic hydroxyl groups excluding tert-OH is 16. The lowest BCUT2D eigenvalue weighted by Gasteiger charge is -2.48. The highest BCUT2D eigenvalue weighted by molar-refractivity contribution is 4.98. The van der Waals surface area contributed by atoms with Gasteiger partial charge in [0.05, 0.1) is 76.9 Å². The van der Waals surface area contributed by atoms with Crippen LogP contribution in [0.4, 0.5) is 4.39 Å². The number of aryl methyl sites for hydroxylation is 2. The molecule has 0 bridgehead atoms. The molecule has 448 valence electrons. The summed E-state index contributed by atoms with van der Waals surface area (Å²) in [5, 5.41) is 186. The van der Waals surface area contributed by atoms with Crippen LogP contribution in [0, 0.1) is 0 Å². The van der Waals surface area contributed by atoms with Gasteiger partial charge in [-0.15, -0.1) is 5.10 Å². The predicted octanol–water partition coefficient (Wildman–Crippen LogP) is -9.84. The van der Waals surface area contributed by atoms with Crippen molar-refractivity contribution < 1.29 is 148 Å². The van der Waals surface area contributed by atoms with E-state index in [9.17, 15) is 91.2 Å². The molecular formula is C44H76FN3O29. The van der Waals surface area contributed by atoms with Crippen molar-refractivity contribution in [1.82, 2.24) is 15.0 Å². The van der Waals surface area contributed by atoms with Crippen LogP contribution in [0.1, 0.15) is 38.3 Å². The Balaban J connectivity index is 0.987. The Bertz CT molecular complexity index is 1840. The van der Waals surface area contributed by atoms with Gasteiger partial charge in [0, 0.05) is 25.6 Å². The molecule has 5 aliphatic heterocycles. The van der Waals surface area contributed by atoms with Gasteiger partial charge in [0.2, 0.25) is 12.6 Å². The van der Waals surface area contributed by atoms with Gasteiger partial charge in [0.25, 0.3) is 0 Å². The first-order valence-corrected chi connectivity index (χ1v) is 25.2. The zero-order chi connectivity index (χ0) is 56.2. The summed E-state index contributed by atoms with van der Waals surface area (Å²) in [5.74, 6) is 0. The first-order chi connectivity index (χ1) is 36.8. The van der Waals surface area contributed by atoms with Crippen LogP contribution in [-0.2, 0) is 69.8 Å². The molecule has 5 aliphatic rings. The highest BCUT2D eigenvalue weighted by Crippen LogP contribution is 2.36. The zero-order valence-electron chi connectivity index (χ0n) is 41.8. The van der Waals surface area contributed by atoms with E-state index < -0.39 is 219 Å². The van der Waals surface area contributed by atoms with Gasteiger partial charge in [-0.2, -0.15) is 0 Å². The average molecular weight is 1130 g/mol. The maximum Gasteiger partial charge on any atom is 0.209 e. The largest absolute Gasteiger partial charge is 0.394 e. The topological polar surface area (TPSA) is 485 Å². The number of halogens is 1. The molecule has 0 saturated carbocycles. The molecule has 77 heavy (non-hydrogen) atoms. The van der Waals surface area contributed by atoms with Crippen LogP contribution in [0.15, 0.2) is 6.20 Å². The van der Waals surface area contributed by atoms with Gasteiger partial charge >= 0.3 is 0 Å². The van der Waals surface area contributed by atoms with E-state index in [0.717, 1.165) is 0 Å². The number of ether oxygens (including phenoxy) is 12. The monoisotopic (exact) mass is 1130 g/mol. The van der Waals surface area contributed by atoms with Crippen molar-refractivity contribution in [1.29, 1.82) is 0 Å². The average Bonchev–Trinajstić information content (AvgIpc) is 3.88. The summed E-state index contributed by atoms with van der Waals surface area (Å²) in [7, 11) is 0. The minimum atomic E-state index is -2.16. The van der Waals surface area contributed by atoms with Crippen molar-refractivity contribution in [3.63, 3.8) is 0 Å². The smallest absolute Gasteiger partial charge is 0.209 e. The summed E-state index contributed by atoms with van der Waals surface area (Å²) in [5.41, 5.74) is 0.609. The molecule has 32 nitrogen and oxygen atoms in total. The zero-order valence-corrected chi connectivity index (χ0v) is 41.8. The Morgan fingerprint density at radius 2 is 1.08 bits per heavy atom. The van der Waals surface area contributed by atoms with E-state index in [4.69, 9.17) is 56.8 Å². The van der Waals surface area contributed by atoms with Gasteiger partial charge in [0.1, 0.15) is 104 Å². The van der Waals surface area contributed by atoms with Crippen molar-refractivity contribution in [3.05, 3.63) is 11.9 Å². The summed E-state index contributed by atoms with van der Waals surface area (Å²) >= 11 is 0. The highest BCUT2D eigenvalue weighted by atomic mass is 19.1. The highest BCUT2D eigenvalue weighted by Gasteiger charge is 2.55. The summed E-state index contributed by atoms with van der Waals surface area (Å²) < 4.78 is 82.3. The number of aliphatic hydroxyl groups is 17. The second-order valence-electron chi connectivity index (χ2n) is 19.2. The van der Waals surface area contributed by atoms with Crippen molar-refractivity contribution in [2.24, 2.45) is 0 Å². The molecule has 0 amide bonds. The molecule has 5 fully saturated rings. The number of alkyl halides is 1. The molecule has 1 aromatic rings. The Labute approximate surface area is 439 Å². The van der Waals surface area contributed by atoms with Crippen LogP contribution < -0.4 is 0 Å². The Morgan fingerprint density at radius 3 is 1.60 bits per heavy atom. The fraction of sp³-hybridized carbons (Fsp3) is 0.955. The molecule has 0 radical (unpaired) electrons. The molecule has 21 unspecified atom stereocenters. The van der Waals surface area contributed by atoms with Crippen molar-refractivity contribution in [2.75, 3.05) is 52.9 Å². The van der Waals surface area contributed by atoms with Crippen molar-refractivity contribution in [2.45, 2.75) is 212 Å². The summed E-state index contributed by atoms with van der Waals surface area (Å²) in [6.45, 7) is -3.77. The first-order valence-electron chi connectivity index (χ1n) is 25.2. The van der Waals surface area contributed by atoms with Crippen LogP contribution in [0.3, 0.4) is 0 Å². The molecule has 0 aromatic carbocycles. The van der Waals surface area contributed by atoms with Crippen LogP contribution in [0.25, 0.3) is 0 Å². The van der Waals surface area contributed by atoms with Gasteiger partial charge in [0.15, 0.2) is 31.5 Å². The molecular weight excluding hydrogens is 1050 g/mol. The van der Waals surface area contributed by atoms with Crippen LogP contribution in [-0.4, -0.2) is 321 Å². The van der Waals surface area contributed by atoms with E-state index in [0.29, 0.717) is 31.5 Å². The third-order valence-electron chi connectivity index (χ3n) is 13.6. The summed E-state index contributed by atoms with van der Waals surface area (Å²) in [4.78, 5) is 0. The molecule has 0 spiro atoms. The molecule has 6 rings (SSSR count). The molecule has 5 saturated heterocycles. The van der Waals surface area contributed by atoms with Crippen molar-refractivity contribution in [3.8, 4) is 0 Å². The number of aromatic nitrogens is 3. The lowest BCUT2D eigenvalue weighted by molar-refractivity contribution is -0.384. The van der Waals surface area contributed by atoms with Crippen LogP contribution >= 0.6 is 0 Å². The quantitative estimate of drug-likeness (QED) is 0.0274. The maximum absolute atomic E-state index is 12.5. The normalized spacial score (nSPS) is 41.4. The Hall–Kier alpha value is -2.09. The predicted molar refractivity (Wildman–Crippen MR) is 241 cm³/mol. The van der Waals surface area contributed by atoms with E-state index >= 15 is 0 Å². The number of nitrogens with zero attached hydrogens (tertiary/aromatic N) is 3. The second-order valence-corrected chi connectivity index (χ2v) is 19.2. The molecule has 6 heterocycles. The van der Waals surface area contributed by atoms with E-state index in [1.165, 1.54) is 11.6 Å². The second kappa shape index (κ2) is 30.3. The van der Waals surface area contributed by atoms with Gasteiger partial charge in [-0.3, -0.25) is 9.07 Å². The van der Waals surface area contributed by atoms with E-state index in [2.05, 4.69) is 10.3 Å². The molecule has 1 aromatic heterocycles. The lowest BCUT2D eigenvalue weighted by atomic mass is 9.96. The third-order valence-corrected chi connectivity index (χ3v) is 13.6. The van der Waals surface area contributed by atoms with Gasteiger partial charge < -0.3 is 144 Å². The summed E-state index contributed by atoms with van der Waals surface area (Å²) in [6.07, 6.45) is -42.9. The van der Waals surface area contributed by atoms with E-state index in [1.54, 1.807) is 6.20 Å². The Kier molecular flexibility index (Phi) is 25.2. The maximum atomic E-state index is 12.5. The van der Waals surface area contributed by atoms with E-state index in [1.807, 2.05) is 0 Å². The Morgan fingerprint density at radius 1 is 0.597 bits per heavy atom. The van der Waals surface area contributed by atoms with Crippen LogP contribution in [0.5, 0.6) is 0 Å². The molecule has 17 N–H and O–H groups in total. The number of rotatable bonds is 28. The first kappa shape index (κ1) is 64.1. The van der Waals surface area contributed by atoms with Gasteiger partial charge in [-0.05, 0) is 26.2 Å². The van der Waals surface area contributed by atoms with E-state index in [-0.39, 0.29) is 13.0 Å². The van der Waals surface area contributed by atoms with Crippen molar-refractivity contribution >= 4 is 0 Å². The molecule has 0 aliphatic carbocycles. The molecule has 33 heteroatoms. The summed E-state index contributed by atoms with van der Waals surface area (Å²) in [6, 6.07) is 0. The van der Waals surface area contributed by atoms with Crippen LogP contribution in [0.2, 0.25) is 0 Å². The molecule has 26 atom stereocenters. The van der Waals surface area contributed by atoms with Gasteiger partial charge in [-0.25, -0.2) is 0 Å². The fourth-order valence-electron chi connectivity index (χ4n) is 9.36. The minimum Gasteiger partial charge on any atom is -0.394 e. The lowest BCUT2D eigenvalue weighted by Crippen LogP contribution is -2.66. The fourth-order valence-corrected chi connectivity index (χ4v) is 9.36. The van der Waals surface area contributed by atoms with Gasteiger partial charge in [-0.1, -0.05) is 5.21 Å².